The Morgan fingerprint density at radius 2 is 1.89 bits per heavy atom. The second-order valence-corrected chi connectivity index (χ2v) is 5.61. The number of aromatic nitrogens is 2. The van der Waals surface area contributed by atoms with Gasteiger partial charge in [-0.3, -0.25) is 4.57 Å². The molecule has 3 rings (SSSR count). The molecule has 0 fully saturated rings. The summed E-state index contributed by atoms with van der Waals surface area (Å²) >= 11 is 17.7. The van der Waals surface area contributed by atoms with Crippen molar-refractivity contribution in [1.29, 1.82) is 0 Å². The number of rotatable bonds is 1. The van der Waals surface area contributed by atoms with E-state index < -0.39 is 0 Å². The number of hydrogen-bond donors (Lipinski definition) is 1. The Morgan fingerprint density at radius 1 is 1.11 bits per heavy atom. The Bertz CT molecular complexity index is 833. The highest BCUT2D eigenvalue weighted by Gasteiger charge is 2.10. The molecule has 1 heterocycles. The lowest BCUT2D eigenvalue weighted by molar-refractivity contribution is 1.06. The molecule has 0 unspecified atom stereocenters. The minimum Gasteiger partial charge on any atom is -0.330 e. The molecule has 0 atom stereocenters. The van der Waals surface area contributed by atoms with Crippen LogP contribution < -0.4 is 0 Å². The van der Waals surface area contributed by atoms with Crippen molar-refractivity contribution in [3.8, 4) is 5.69 Å². The van der Waals surface area contributed by atoms with Crippen LogP contribution in [0, 0.1) is 11.7 Å². The van der Waals surface area contributed by atoms with Gasteiger partial charge in [-0.25, -0.2) is 0 Å². The molecule has 0 radical (unpaired) electrons. The van der Waals surface area contributed by atoms with Gasteiger partial charge in [0.2, 0.25) is 0 Å². The maximum atomic E-state index is 6.26. The summed E-state index contributed by atoms with van der Waals surface area (Å²) in [6, 6.07) is 11.5. The lowest BCUT2D eigenvalue weighted by Gasteiger charge is -2.08. The minimum absolute atomic E-state index is 0.602. The lowest BCUT2D eigenvalue weighted by Crippen LogP contribution is -1.95. The number of aryl methyl sites for hydroxylation is 1. The van der Waals surface area contributed by atoms with Crippen molar-refractivity contribution in [2.24, 2.45) is 0 Å². The fourth-order valence-corrected chi connectivity index (χ4v) is 2.78. The van der Waals surface area contributed by atoms with Crippen molar-refractivity contribution in [2.75, 3.05) is 0 Å². The molecule has 0 saturated carbocycles. The van der Waals surface area contributed by atoms with Gasteiger partial charge in [0, 0.05) is 5.02 Å². The van der Waals surface area contributed by atoms with Gasteiger partial charge in [-0.2, -0.15) is 0 Å². The van der Waals surface area contributed by atoms with Gasteiger partial charge in [0.1, 0.15) is 0 Å². The molecular weight excluding hydrogens is 299 g/mol. The molecule has 0 aliphatic heterocycles. The molecule has 1 N–H and O–H groups in total. The Hall–Kier alpha value is -1.29. The molecule has 0 aliphatic carbocycles. The summed E-state index contributed by atoms with van der Waals surface area (Å²) in [5.41, 5.74) is 3.92. The van der Waals surface area contributed by atoms with Crippen LogP contribution in [-0.2, 0) is 0 Å². The summed E-state index contributed by atoms with van der Waals surface area (Å²) in [4.78, 5) is 3.18. The predicted molar refractivity (Wildman–Crippen MR) is 83.2 cm³/mol. The molecule has 2 nitrogen and oxygen atoms in total. The second kappa shape index (κ2) is 4.67. The van der Waals surface area contributed by atoms with Crippen LogP contribution in [0.1, 0.15) is 5.56 Å². The van der Waals surface area contributed by atoms with Crippen LogP contribution in [0.3, 0.4) is 0 Å². The van der Waals surface area contributed by atoms with Gasteiger partial charge in [-0.1, -0.05) is 29.3 Å². The van der Waals surface area contributed by atoms with E-state index in [4.69, 9.17) is 35.4 Å². The van der Waals surface area contributed by atoms with Gasteiger partial charge in [0.15, 0.2) is 4.77 Å². The summed E-state index contributed by atoms with van der Waals surface area (Å²) in [5.74, 6) is 0. The predicted octanol–water partition coefficient (Wildman–Crippen LogP) is 5.30. The molecule has 19 heavy (non-hydrogen) atoms. The standard InChI is InChI=1S/C14H10Cl2N2S/c1-8-2-5-11-13(6-8)18(14(19)17-11)12-7-9(15)3-4-10(12)16/h2-7H,1H3,(H,17,19). The van der Waals surface area contributed by atoms with Crippen molar-refractivity contribution in [3.05, 3.63) is 56.8 Å². The largest absolute Gasteiger partial charge is 0.330 e. The molecule has 0 aliphatic rings. The number of aromatic amines is 1. The first-order valence-electron chi connectivity index (χ1n) is 5.73. The third-order valence-corrected chi connectivity index (χ3v) is 3.83. The first-order valence-corrected chi connectivity index (χ1v) is 6.89. The topological polar surface area (TPSA) is 20.7 Å². The van der Waals surface area contributed by atoms with Crippen LogP contribution in [0.4, 0.5) is 0 Å². The van der Waals surface area contributed by atoms with Crippen LogP contribution in [0.15, 0.2) is 36.4 Å². The molecule has 3 aromatic rings. The average molecular weight is 309 g/mol. The number of halogens is 2. The van der Waals surface area contributed by atoms with Crippen LogP contribution in [0.5, 0.6) is 0 Å². The summed E-state index contributed by atoms with van der Waals surface area (Å²) in [6.07, 6.45) is 0. The molecule has 96 valence electrons. The highest BCUT2D eigenvalue weighted by Crippen LogP contribution is 2.28. The zero-order chi connectivity index (χ0) is 13.6. The third-order valence-electron chi connectivity index (χ3n) is 2.99. The van der Waals surface area contributed by atoms with E-state index in [0.717, 1.165) is 22.3 Å². The number of imidazole rings is 1. The third kappa shape index (κ3) is 2.18. The summed E-state index contributed by atoms with van der Waals surface area (Å²) < 4.78 is 2.51. The van der Waals surface area contributed by atoms with Crippen LogP contribution in [-0.4, -0.2) is 9.55 Å². The quantitative estimate of drug-likeness (QED) is 0.605. The highest BCUT2D eigenvalue weighted by molar-refractivity contribution is 7.71. The molecule has 0 saturated heterocycles. The van der Waals surface area contributed by atoms with Crippen LogP contribution in [0.2, 0.25) is 10.0 Å². The number of nitrogens with one attached hydrogen (secondary N) is 1. The van der Waals surface area contributed by atoms with Gasteiger partial charge >= 0.3 is 0 Å². The lowest BCUT2D eigenvalue weighted by atomic mass is 10.2. The maximum Gasteiger partial charge on any atom is 0.182 e. The van der Waals surface area contributed by atoms with E-state index in [1.54, 1.807) is 12.1 Å². The maximum absolute atomic E-state index is 6.26. The fourth-order valence-electron chi connectivity index (χ4n) is 2.11. The average Bonchev–Trinajstić information content (AvgIpc) is 2.68. The van der Waals surface area contributed by atoms with Gasteiger partial charge in [0.05, 0.1) is 21.7 Å². The number of fused-ring (bicyclic) bond motifs is 1. The van der Waals surface area contributed by atoms with E-state index >= 15 is 0 Å². The molecule has 0 bridgehead atoms. The normalized spacial score (nSPS) is 11.1. The number of hydrogen-bond acceptors (Lipinski definition) is 1. The molecule has 1 aromatic heterocycles. The van der Waals surface area contributed by atoms with Gasteiger partial charge < -0.3 is 4.98 Å². The van der Waals surface area contributed by atoms with Crippen molar-refractivity contribution in [1.82, 2.24) is 9.55 Å². The Kier molecular flexibility index (Phi) is 3.13. The highest BCUT2D eigenvalue weighted by atomic mass is 35.5. The van der Waals surface area contributed by atoms with Gasteiger partial charge in [-0.05, 0) is 55.0 Å². The Morgan fingerprint density at radius 3 is 2.68 bits per heavy atom. The molecule has 0 amide bonds. The Balaban J connectivity index is 2.42. The second-order valence-electron chi connectivity index (χ2n) is 4.38. The first kappa shape index (κ1) is 12.7. The Labute approximate surface area is 125 Å². The van der Waals surface area contributed by atoms with Crippen molar-refractivity contribution < 1.29 is 0 Å². The zero-order valence-corrected chi connectivity index (χ0v) is 12.4. The molecular formula is C14H10Cl2N2S. The van der Waals surface area contributed by atoms with Gasteiger partial charge in [-0.15, -0.1) is 0 Å². The molecule has 5 heteroatoms. The van der Waals surface area contributed by atoms with E-state index in [9.17, 15) is 0 Å². The zero-order valence-electron chi connectivity index (χ0n) is 10.1. The smallest absolute Gasteiger partial charge is 0.182 e. The van der Waals surface area contributed by atoms with Crippen LogP contribution >= 0.6 is 35.4 Å². The summed E-state index contributed by atoms with van der Waals surface area (Å²) in [6.45, 7) is 2.04. The number of H-pyrrole nitrogens is 1. The summed E-state index contributed by atoms with van der Waals surface area (Å²) in [5, 5.41) is 1.24. The van der Waals surface area contributed by atoms with E-state index in [-0.39, 0.29) is 0 Å². The van der Waals surface area contributed by atoms with Gasteiger partial charge in [0.25, 0.3) is 0 Å². The minimum atomic E-state index is 0.602. The van der Waals surface area contributed by atoms with E-state index in [2.05, 4.69) is 11.1 Å². The fraction of sp³-hybridized carbons (Fsp3) is 0.0714. The van der Waals surface area contributed by atoms with E-state index in [1.165, 1.54) is 0 Å². The number of benzene rings is 2. The number of nitrogens with zero attached hydrogens (tertiary/aromatic N) is 1. The van der Waals surface area contributed by atoms with E-state index in [0.29, 0.717) is 14.8 Å². The summed E-state index contributed by atoms with van der Waals surface area (Å²) in [7, 11) is 0. The van der Waals surface area contributed by atoms with E-state index in [1.807, 2.05) is 29.7 Å². The van der Waals surface area contributed by atoms with Crippen molar-refractivity contribution in [2.45, 2.75) is 6.92 Å². The van der Waals surface area contributed by atoms with Crippen LogP contribution in [0.25, 0.3) is 16.7 Å². The SMILES string of the molecule is Cc1ccc2[nH]c(=S)n(-c3cc(Cl)ccc3Cl)c2c1. The monoisotopic (exact) mass is 308 g/mol. The molecule has 0 spiro atoms. The first-order chi connectivity index (χ1) is 9.06. The van der Waals surface area contributed by atoms with Crippen molar-refractivity contribution in [3.63, 3.8) is 0 Å². The molecule has 2 aromatic carbocycles. The van der Waals surface area contributed by atoms with Crippen molar-refractivity contribution >= 4 is 46.5 Å².